The van der Waals surface area contributed by atoms with E-state index in [0.29, 0.717) is 50.5 Å². The van der Waals surface area contributed by atoms with Gasteiger partial charge in [-0.15, -0.1) is 0 Å². The fraction of sp³-hybridized carbons (Fsp3) is 0.843. The van der Waals surface area contributed by atoms with Crippen molar-refractivity contribution in [3.05, 3.63) is 23.3 Å². The van der Waals surface area contributed by atoms with Gasteiger partial charge in [0.25, 0.3) is 0 Å². The minimum atomic E-state index is -1.16. The largest absolute Gasteiger partial charge is 0.458 e. The number of hydrogen-bond donors (Lipinski definition) is 1. The van der Waals surface area contributed by atoms with Crippen molar-refractivity contribution in [1.29, 1.82) is 0 Å². The molecular weight excluding hydrogens is 885 g/mol. The first-order valence-electron chi connectivity index (χ1n) is 24.8. The van der Waals surface area contributed by atoms with Crippen molar-refractivity contribution in [2.24, 2.45) is 28.6 Å². The SMILES string of the molecule is C/C=C(\C)C(=O)O[C@@H]1C[C@H]2[C@@H](CC=C3C[C@@H](O[C@H]4C[C@H](OC)[C@H](O[C@@H]5C[C@H](OC)[C@H](O[C@@H]6O[C@H](C)[C@@H](OC(C)=O)[C@H](OC)[C@H]6OC(C)=O)[C@@H](C)O5)[C@@H](C)O4)CC[C@@]32C)[C@@]2(O)CC[C@H](C(C)=O)[C@@]12C. The maximum Gasteiger partial charge on any atom is 0.333 e. The molecule has 7 rings (SSSR count). The van der Waals surface area contributed by atoms with Gasteiger partial charge in [-0.05, 0) is 104 Å². The average Bonchev–Trinajstić information content (AvgIpc) is 3.58. The van der Waals surface area contributed by atoms with Gasteiger partial charge in [0.2, 0.25) is 0 Å². The lowest BCUT2D eigenvalue weighted by molar-refractivity contribution is -0.352. The zero-order valence-corrected chi connectivity index (χ0v) is 42.4. The minimum absolute atomic E-state index is 0.0315. The van der Waals surface area contributed by atoms with E-state index in [1.54, 1.807) is 48.0 Å². The summed E-state index contributed by atoms with van der Waals surface area (Å²) in [6.07, 6.45) is -0.170. The molecule has 0 amide bonds. The van der Waals surface area contributed by atoms with Crippen LogP contribution in [0.4, 0.5) is 0 Å². The van der Waals surface area contributed by atoms with E-state index >= 15 is 0 Å². The number of rotatable bonds is 14. The van der Waals surface area contributed by atoms with Crippen molar-refractivity contribution >= 4 is 23.7 Å². The van der Waals surface area contributed by atoms with Crippen molar-refractivity contribution in [3.63, 3.8) is 0 Å². The number of methoxy groups -OCH3 is 3. The average molecular weight is 963 g/mol. The van der Waals surface area contributed by atoms with Crippen LogP contribution >= 0.6 is 0 Å². The van der Waals surface area contributed by atoms with E-state index in [2.05, 4.69) is 13.0 Å². The molecule has 6 fully saturated rings. The predicted molar refractivity (Wildman–Crippen MR) is 242 cm³/mol. The van der Waals surface area contributed by atoms with E-state index in [-0.39, 0.29) is 35.2 Å². The van der Waals surface area contributed by atoms with E-state index in [0.717, 1.165) is 12.8 Å². The van der Waals surface area contributed by atoms with Gasteiger partial charge in [0.05, 0.1) is 42.2 Å². The Morgan fingerprint density at radius 3 is 1.85 bits per heavy atom. The first-order valence-corrected chi connectivity index (χ1v) is 24.8. The molecule has 21 atom stereocenters. The number of carbonyl (C=O) groups is 4. The number of Topliss-reactive ketones (excluding diaryl/α,β-unsaturated/α-hetero) is 1. The van der Waals surface area contributed by atoms with Crippen LogP contribution in [0.15, 0.2) is 23.3 Å². The summed E-state index contributed by atoms with van der Waals surface area (Å²) in [5, 5.41) is 12.8. The Morgan fingerprint density at radius 2 is 1.28 bits per heavy atom. The number of ether oxygens (including phenoxy) is 12. The molecule has 1 N–H and O–H groups in total. The molecule has 0 aromatic rings. The third-order valence-corrected chi connectivity index (χ3v) is 17.2. The molecule has 68 heavy (non-hydrogen) atoms. The number of aliphatic hydroxyl groups is 1. The molecular formula is C51H78O17. The maximum absolute atomic E-state index is 13.3. The molecule has 3 heterocycles. The van der Waals surface area contributed by atoms with Crippen molar-refractivity contribution < 1.29 is 81.1 Å². The summed E-state index contributed by atoms with van der Waals surface area (Å²) in [4.78, 5) is 50.6. The monoisotopic (exact) mass is 963 g/mol. The molecule has 0 aromatic heterocycles. The summed E-state index contributed by atoms with van der Waals surface area (Å²) in [5.74, 6) is -1.89. The highest BCUT2D eigenvalue weighted by atomic mass is 16.8. The van der Waals surface area contributed by atoms with Crippen LogP contribution in [-0.4, -0.2) is 148 Å². The van der Waals surface area contributed by atoms with E-state index < -0.39 is 115 Å². The summed E-state index contributed by atoms with van der Waals surface area (Å²) in [7, 11) is 4.67. The van der Waals surface area contributed by atoms with Crippen LogP contribution < -0.4 is 0 Å². The maximum atomic E-state index is 13.3. The second-order valence-electron chi connectivity index (χ2n) is 20.9. The lowest BCUT2D eigenvalue weighted by Gasteiger charge is -2.63. The lowest BCUT2D eigenvalue weighted by Crippen LogP contribution is -2.66. The zero-order valence-electron chi connectivity index (χ0n) is 42.4. The Balaban J connectivity index is 0.980. The molecule has 0 aromatic carbocycles. The Morgan fingerprint density at radius 1 is 0.691 bits per heavy atom. The van der Waals surface area contributed by atoms with Gasteiger partial charge >= 0.3 is 17.9 Å². The minimum Gasteiger partial charge on any atom is -0.458 e. The molecule has 3 saturated heterocycles. The Kier molecular flexibility index (Phi) is 16.4. The summed E-state index contributed by atoms with van der Waals surface area (Å²) in [6.45, 7) is 17.5. The van der Waals surface area contributed by atoms with Gasteiger partial charge in [-0.25, -0.2) is 4.79 Å². The van der Waals surface area contributed by atoms with Gasteiger partial charge in [0, 0.05) is 64.9 Å². The van der Waals surface area contributed by atoms with Crippen LogP contribution in [0, 0.1) is 28.6 Å². The number of allylic oxidation sites excluding steroid dienone is 2. The molecule has 3 aliphatic heterocycles. The van der Waals surface area contributed by atoms with Crippen molar-refractivity contribution in [2.75, 3.05) is 21.3 Å². The number of ketones is 1. The lowest BCUT2D eigenvalue weighted by atomic mass is 9.45. The molecule has 0 bridgehead atoms. The smallest absolute Gasteiger partial charge is 0.333 e. The van der Waals surface area contributed by atoms with Crippen LogP contribution in [0.25, 0.3) is 0 Å². The van der Waals surface area contributed by atoms with E-state index in [9.17, 15) is 24.3 Å². The summed E-state index contributed by atoms with van der Waals surface area (Å²) >= 11 is 0. The standard InChI is InChI=1S/C51H78O17/c1-14-25(2)47(55)66-39-22-36-35(51(56)20-18-34(26(3)52)50(39,51)10)16-15-32-21-33(17-19-49(32,36)9)65-40-23-37(57-11)42(27(4)60-40)67-41-24-38(58-12)43(28(5)61-41)68-48-46(64-31(8)54)45(59-13)44(29(6)62-48)63-30(7)53/h14-15,27-29,33-46,48,56H,16-24H2,1-13H3/b25-14+/t27-,28-,29-,33+,34-,35-,36+,37+,38+,39-,40+,41-,42-,43-,44-,45+,46-,48+,49+,50+,51+/m1/s1. The number of carbonyl (C=O) groups excluding carboxylic acids is 4. The van der Waals surface area contributed by atoms with Crippen LogP contribution in [0.3, 0.4) is 0 Å². The van der Waals surface area contributed by atoms with Crippen LogP contribution in [0.2, 0.25) is 0 Å². The quantitative estimate of drug-likeness (QED) is 0.0942. The normalized spacial score (nSPS) is 46.0. The number of esters is 3. The first-order chi connectivity index (χ1) is 32.1. The highest BCUT2D eigenvalue weighted by Gasteiger charge is 2.71. The predicted octanol–water partition coefficient (Wildman–Crippen LogP) is 5.84. The second-order valence-corrected chi connectivity index (χ2v) is 20.9. The zero-order chi connectivity index (χ0) is 49.6. The Hall–Kier alpha value is -2.84. The molecule has 0 radical (unpaired) electrons. The fourth-order valence-electron chi connectivity index (χ4n) is 13.4. The second kappa shape index (κ2) is 21.1. The van der Waals surface area contributed by atoms with Crippen molar-refractivity contribution in [2.45, 2.75) is 225 Å². The van der Waals surface area contributed by atoms with Crippen molar-refractivity contribution in [1.82, 2.24) is 0 Å². The van der Waals surface area contributed by atoms with Gasteiger partial charge in [-0.1, -0.05) is 31.6 Å². The van der Waals surface area contributed by atoms with Crippen molar-refractivity contribution in [3.8, 4) is 0 Å². The van der Waals surface area contributed by atoms with E-state index in [4.69, 9.17) is 56.8 Å². The topological polar surface area (TPSA) is 199 Å². The van der Waals surface area contributed by atoms with Gasteiger partial charge < -0.3 is 61.9 Å². The number of fused-ring (bicyclic) bond motifs is 5. The third-order valence-electron chi connectivity index (χ3n) is 17.2. The Bertz CT molecular complexity index is 1900. The first kappa shape index (κ1) is 53.0. The number of hydrogen-bond acceptors (Lipinski definition) is 17. The Labute approximate surface area is 401 Å². The van der Waals surface area contributed by atoms with Gasteiger partial charge in [0.1, 0.15) is 30.2 Å². The molecule has 0 unspecified atom stereocenters. The highest BCUT2D eigenvalue weighted by molar-refractivity contribution is 5.88. The summed E-state index contributed by atoms with van der Waals surface area (Å²) in [5.41, 5.74) is -0.504. The summed E-state index contributed by atoms with van der Waals surface area (Å²) in [6, 6.07) is 0. The molecule has 17 nitrogen and oxygen atoms in total. The molecule has 3 saturated carbocycles. The van der Waals surface area contributed by atoms with Gasteiger partial charge in [-0.3, -0.25) is 14.4 Å². The third kappa shape index (κ3) is 9.88. The summed E-state index contributed by atoms with van der Waals surface area (Å²) < 4.78 is 74.2. The van der Waals surface area contributed by atoms with E-state index in [1.165, 1.54) is 26.5 Å². The van der Waals surface area contributed by atoms with E-state index in [1.807, 2.05) is 20.8 Å². The van der Waals surface area contributed by atoms with Gasteiger partial charge in [-0.2, -0.15) is 0 Å². The fourth-order valence-corrected chi connectivity index (χ4v) is 13.4. The molecule has 0 spiro atoms. The molecule has 17 heteroatoms. The molecule has 4 aliphatic carbocycles. The molecule has 384 valence electrons. The van der Waals surface area contributed by atoms with Gasteiger partial charge in [0.15, 0.2) is 31.1 Å². The van der Waals surface area contributed by atoms with Crippen LogP contribution in [-0.2, 0) is 76.0 Å². The van der Waals surface area contributed by atoms with Crippen LogP contribution in [0.5, 0.6) is 0 Å². The highest BCUT2D eigenvalue weighted by Crippen LogP contribution is 2.68. The van der Waals surface area contributed by atoms with Crippen LogP contribution in [0.1, 0.15) is 127 Å². The molecule has 7 aliphatic rings.